The predicted octanol–water partition coefficient (Wildman–Crippen LogP) is 8.35. The van der Waals surface area contributed by atoms with Crippen molar-refractivity contribution < 1.29 is 23.1 Å². The van der Waals surface area contributed by atoms with Crippen LogP contribution in [0.25, 0.3) is 0 Å². The average Bonchev–Trinajstić information content (AvgIpc) is 3.00. The predicted molar refractivity (Wildman–Crippen MR) is 154 cm³/mol. The van der Waals surface area contributed by atoms with Gasteiger partial charge >= 0.3 is 7.60 Å². The summed E-state index contributed by atoms with van der Waals surface area (Å²) in [5.74, 6) is 2.10. The molecule has 0 saturated carbocycles. The molecule has 196 valence electrons. The summed E-state index contributed by atoms with van der Waals surface area (Å²) in [6.45, 7) is 0. The number of ether oxygens (including phenoxy) is 2. The Morgan fingerprint density at radius 2 is 0.718 bits per heavy atom. The SMILES string of the molecule is COc1ccc(OP(=O)(Oc2ccc(OC)cc2)C(c2ccccc2)(c2ccccc2)c2ccccc2)cc1. The van der Waals surface area contributed by atoms with Gasteiger partial charge in [0, 0.05) is 0 Å². The van der Waals surface area contributed by atoms with Crippen molar-refractivity contribution in [2.45, 2.75) is 5.16 Å². The zero-order valence-corrected chi connectivity index (χ0v) is 22.7. The van der Waals surface area contributed by atoms with Gasteiger partial charge in [0.2, 0.25) is 0 Å². The minimum atomic E-state index is -4.20. The standard InChI is InChI=1S/C33H29O5P/c1-35-29-18-22-31(23-19-29)37-39(34,38-32-24-20-30(36-2)21-25-32)33(26-12-6-3-7-13-26,27-14-8-4-9-15-27)28-16-10-5-11-17-28/h3-25H,1-2H3. The smallest absolute Gasteiger partial charge is 0.450 e. The fraction of sp³-hybridized carbons (Fsp3) is 0.0909. The molecule has 0 N–H and O–H groups in total. The van der Waals surface area contributed by atoms with E-state index >= 15 is 4.57 Å². The summed E-state index contributed by atoms with van der Waals surface area (Å²) in [5, 5.41) is -1.32. The van der Waals surface area contributed by atoms with Gasteiger partial charge in [-0.1, -0.05) is 91.0 Å². The van der Waals surface area contributed by atoms with Crippen LogP contribution in [-0.4, -0.2) is 14.2 Å². The van der Waals surface area contributed by atoms with Gasteiger partial charge < -0.3 is 18.5 Å². The maximum absolute atomic E-state index is 15.8. The van der Waals surface area contributed by atoms with Gasteiger partial charge in [0.15, 0.2) is 5.16 Å². The minimum Gasteiger partial charge on any atom is -0.497 e. The van der Waals surface area contributed by atoms with E-state index in [1.54, 1.807) is 62.8 Å². The lowest BCUT2D eigenvalue weighted by Gasteiger charge is -2.40. The van der Waals surface area contributed by atoms with Crippen molar-refractivity contribution in [2.75, 3.05) is 14.2 Å². The highest BCUT2D eigenvalue weighted by atomic mass is 31.2. The van der Waals surface area contributed by atoms with Gasteiger partial charge in [0.25, 0.3) is 0 Å². The van der Waals surface area contributed by atoms with Crippen LogP contribution in [-0.2, 0) is 9.72 Å². The molecule has 0 aliphatic carbocycles. The number of rotatable bonds is 10. The van der Waals surface area contributed by atoms with E-state index < -0.39 is 12.8 Å². The molecular weight excluding hydrogens is 507 g/mol. The third kappa shape index (κ3) is 5.14. The second-order valence-corrected chi connectivity index (χ2v) is 10.9. The molecule has 5 rings (SSSR count). The molecule has 0 radical (unpaired) electrons. The van der Waals surface area contributed by atoms with Crippen LogP contribution >= 0.6 is 7.60 Å². The van der Waals surface area contributed by atoms with Crippen molar-refractivity contribution in [1.29, 1.82) is 0 Å². The quantitative estimate of drug-likeness (QED) is 0.133. The lowest BCUT2D eigenvalue weighted by atomic mass is 9.84. The highest BCUT2D eigenvalue weighted by molar-refractivity contribution is 7.56. The molecule has 5 nitrogen and oxygen atoms in total. The molecule has 5 aromatic carbocycles. The third-order valence-corrected chi connectivity index (χ3v) is 9.05. The first-order chi connectivity index (χ1) is 19.1. The van der Waals surface area contributed by atoms with E-state index in [4.69, 9.17) is 18.5 Å². The van der Waals surface area contributed by atoms with Crippen LogP contribution in [0.3, 0.4) is 0 Å². The van der Waals surface area contributed by atoms with Gasteiger partial charge in [-0.15, -0.1) is 0 Å². The Balaban J connectivity index is 1.81. The first kappa shape index (κ1) is 26.1. The van der Waals surface area contributed by atoms with Crippen molar-refractivity contribution >= 4 is 7.60 Å². The summed E-state index contributed by atoms with van der Waals surface area (Å²) < 4.78 is 39.5. The summed E-state index contributed by atoms with van der Waals surface area (Å²) >= 11 is 0. The van der Waals surface area contributed by atoms with E-state index in [2.05, 4.69) is 0 Å². The number of hydrogen-bond donors (Lipinski definition) is 0. The van der Waals surface area contributed by atoms with E-state index in [-0.39, 0.29) is 0 Å². The Labute approximate surface area is 229 Å². The van der Waals surface area contributed by atoms with Crippen molar-refractivity contribution in [3.8, 4) is 23.0 Å². The zero-order chi connectivity index (χ0) is 27.1. The van der Waals surface area contributed by atoms with E-state index in [1.165, 1.54) is 0 Å². The zero-order valence-electron chi connectivity index (χ0n) is 21.8. The van der Waals surface area contributed by atoms with E-state index in [9.17, 15) is 0 Å². The maximum atomic E-state index is 15.8. The van der Waals surface area contributed by atoms with E-state index in [0.29, 0.717) is 23.0 Å². The Morgan fingerprint density at radius 3 is 1.00 bits per heavy atom. The van der Waals surface area contributed by atoms with E-state index in [0.717, 1.165) is 16.7 Å². The molecule has 0 atom stereocenters. The monoisotopic (exact) mass is 536 g/mol. The molecule has 0 unspecified atom stereocenters. The number of methoxy groups -OCH3 is 2. The Morgan fingerprint density at radius 1 is 0.436 bits per heavy atom. The Bertz CT molecular complexity index is 1370. The van der Waals surface area contributed by atoms with Crippen LogP contribution in [0, 0.1) is 0 Å². The van der Waals surface area contributed by atoms with Crippen molar-refractivity contribution in [3.63, 3.8) is 0 Å². The van der Waals surface area contributed by atoms with Gasteiger partial charge in [-0.25, -0.2) is 4.57 Å². The summed E-state index contributed by atoms with van der Waals surface area (Å²) in [6, 6.07) is 43.1. The first-order valence-corrected chi connectivity index (χ1v) is 14.1. The second kappa shape index (κ2) is 11.5. The average molecular weight is 537 g/mol. The van der Waals surface area contributed by atoms with Gasteiger partial charge in [-0.2, -0.15) is 0 Å². The molecule has 0 aromatic heterocycles. The Kier molecular flexibility index (Phi) is 7.72. The van der Waals surface area contributed by atoms with Gasteiger partial charge in [-0.05, 0) is 65.2 Å². The molecule has 0 saturated heterocycles. The third-order valence-electron chi connectivity index (χ3n) is 6.56. The first-order valence-electron chi connectivity index (χ1n) is 12.5. The molecule has 0 spiro atoms. The summed E-state index contributed by atoms with van der Waals surface area (Å²) in [7, 11) is -1.01. The molecule has 39 heavy (non-hydrogen) atoms. The topological polar surface area (TPSA) is 54.0 Å². The molecule has 0 bridgehead atoms. The van der Waals surface area contributed by atoms with Crippen LogP contribution < -0.4 is 18.5 Å². The molecule has 0 fully saturated rings. The molecule has 0 aliphatic heterocycles. The van der Waals surface area contributed by atoms with Gasteiger partial charge in [0.05, 0.1) is 14.2 Å². The highest BCUT2D eigenvalue weighted by Gasteiger charge is 2.58. The minimum absolute atomic E-state index is 0.389. The fourth-order valence-corrected chi connectivity index (χ4v) is 7.22. The lowest BCUT2D eigenvalue weighted by molar-refractivity contribution is 0.361. The molecule has 5 aromatic rings. The summed E-state index contributed by atoms with van der Waals surface area (Å²) in [6.07, 6.45) is 0. The van der Waals surface area contributed by atoms with Crippen LogP contribution in [0.15, 0.2) is 140 Å². The normalized spacial score (nSPS) is 11.4. The van der Waals surface area contributed by atoms with Crippen molar-refractivity contribution in [3.05, 3.63) is 156 Å². The van der Waals surface area contributed by atoms with Crippen LogP contribution in [0.4, 0.5) is 0 Å². The van der Waals surface area contributed by atoms with Gasteiger partial charge in [-0.3, -0.25) is 0 Å². The molecular formula is C33H29O5P. The van der Waals surface area contributed by atoms with Gasteiger partial charge in [0.1, 0.15) is 23.0 Å². The van der Waals surface area contributed by atoms with Crippen LogP contribution in [0.1, 0.15) is 16.7 Å². The molecule has 0 heterocycles. The lowest BCUT2D eigenvalue weighted by Crippen LogP contribution is -2.33. The van der Waals surface area contributed by atoms with Crippen LogP contribution in [0.5, 0.6) is 23.0 Å². The van der Waals surface area contributed by atoms with Crippen LogP contribution in [0.2, 0.25) is 0 Å². The molecule has 6 heteroatoms. The molecule has 0 aliphatic rings. The fourth-order valence-electron chi connectivity index (χ4n) is 4.72. The molecule has 0 amide bonds. The number of hydrogen-bond acceptors (Lipinski definition) is 5. The summed E-state index contributed by atoms with van der Waals surface area (Å²) in [4.78, 5) is 0. The van der Waals surface area contributed by atoms with E-state index in [1.807, 2.05) is 91.0 Å². The highest BCUT2D eigenvalue weighted by Crippen LogP contribution is 2.69. The van der Waals surface area contributed by atoms with Crippen molar-refractivity contribution in [2.24, 2.45) is 0 Å². The Hall–Kier alpha value is -4.47. The van der Waals surface area contributed by atoms with Crippen molar-refractivity contribution in [1.82, 2.24) is 0 Å². The largest absolute Gasteiger partial charge is 0.497 e. The maximum Gasteiger partial charge on any atom is 0.450 e. The summed E-state index contributed by atoms with van der Waals surface area (Å²) in [5.41, 5.74) is 2.31. The second-order valence-electron chi connectivity index (χ2n) is 8.84. The number of benzene rings is 5.